The molecule has 6 aromatic carbocycles. The van der Waals surface area contributed by atoms with Crippen molar-refractivity contribution in [3.05, 3.63) is 169 Å². The minimum absolute atomic E-state index is 0.135. The quantitative estimate of drug-likeness (QED) is 0.179. The van der Waals surface area contributed by atoms with Crippen molar-refractivity contribution < 1.29 is 8.83 Å². The van der Waals surface area contributed by atoms with E-state index in [-0.39, 0.29) is 12.0 Å². The SMILES string of the molecule is C1=CC2c3cc4c(cc3N(c3cccc(-c5nc6ccc(-c7nc(-c8ccccc8)nc(-c8ccccc8)n7)cc6o5)c3)C2C=C1)oc1ccccc14. The van der Waals surface area contributed by atoms with Gasteiger partial charge in [0, 0.05) is 56.4 Å². The number of benzene rings is 6. The van der Waals surface area contributed by atoms with E-state index in [1.807, 2.05) is 97.1 Å². The van der Waals surface area contributed by atoms with Crippen molar-refractivity contribution in [3.8, 4) is 45.6 Å². The lowest BCUT2D eigenvalue weighted by atomic mass is 9.90. The zero-order chi connectivity index (χ0) is 34.9. The number of rotatable bonds is 5. The monoisotopic (exact) mass is 683 g/mol. The van der Waals surface area contributed by atoms with Gasteiger partial charge in [-0.15, -0.1) is 0 Å². The average Bonchev–Trinajstić information content (AvgIpc) is 3.92. The maximum absolute atomic E-state index is 6.49. The molecule has 0 radical (unpaired) electrons. The van der Waals surface area contributed by atoms with Crippen LogP contribution in [0.4, 0.5) is 11.4 Å². The molecule has 0 fully saturated rings. The van der Waals surface area contributed by atoms with Gasteiger partial charge >= 0.3 is 0 Å². The lowest BCUT2D eigenvalue weighted by Gasteiger charge is -2.28. The maximum atomic E-state index is 6.49. The van der Waals surface area contributed by atoms with E-state index in [1.165, 1.54) is 5.56 Å². The summed E-state index contributed by atoms with van der Waals surface area (Å²) in [6.07, 6.45) is 8.88. The van der Waals surface area contributed by atoms with Gasteiger partial charge < -0.3 is 13.7 Å². The Balaban J connectivity index is 0.983. The van der Waals surface area contributed by atoms with Crippen molar-refractivity contribution in [2.24, 2.45) is 0 Å². The van der Waals surface area contributed by atoms with Gasteiger partial charge in [-0.25, -0.2) is 19.9 Å². The fourth-order valence-corrected chi connectivity index (χ4v) is 7.77. The molecule has 0 N–H and O–H groups in total. The van der Waals surface area contributed by atoms with Crippen LogP contribution in [0, 0.1) is 0 Å². The zero-order valence-corrected chi connectivity index (χ0v) is 28.3. The summed E-state index contributed by atoms with van der Waals surface area (Å²) >= 11 is 0. The molecule has 0 saturated heterocycles. The smallest absolute Gasteiger partial charge is 0.227 e. The molecule has 0 bridgehead atoms. The third-order valence-electron chi connectivity index (χ3n) is 10.3. The second kappa shape index (κ2) is 11.7. The number of furan rings is 1. The topological polar surface area (TPSA) is 81.1 Å². The Morgan fingerprint density at radius 3 is 1.96 bits per heavy atom. The summed E-state index contributed by atoms with van der Waals surface area (Å²) in [5.41, 5.74) is 10.2. The van der Waals surface area contributed by atoms with Gasteiger partial charge in [-0.05, 0) is 54.1 Å². The molecular formula is C46H29N5O2. The first-order chi connectivity index (χ1) is 26.2. The molecule has 7 heteroatoms. The second-order valence-electron chi connectivity index (χ2n) is 13.5. The second-order valence-corrected chi connectivity index (χ2v) is 13.5. The lowest BCUT2D eigenvalue weighted by molar-refractivity contribution is 0.620. The summed E-state index contributed by atoms with van der Waals surface area (Å²) in [6.45, 7) is 0. The molecule has 0 amide bonds. The average molecular weight is 684 g/mol. The van der Waals surface area contributed by atoms with Crippen LogP contribution in [0.5, 0.6) is 0 Å². The van der Waals surface area contributed by atoms with Crippen LogP contribution in [0.25, 0.3) is 78.7 Å². The number of para-hydroxylation sites is 1. The molecule has 0 spiro atoms. The minimum Gasteiger partial charge on any atom is -0.456 e. The number of fused-ring (bicyclic) bond motifs is 7. The van der Waals surface area contributed by atoms with E-state index in [4.69, 9.17) is 28.8 Å². The zero-order valence-electron chi connectivity index (χ0n) is 28.3. The molecule has 1 aliphatic carbocycles. The van der Waals surface area contributed by atoms with Crippen molar-refractivity contribution in [2.45, 2.75) is 12.0 Å². The predicted octanol–water partition coefficient (Wildman–Crippen LogP) is 11.3. The van der Waals surface area contributed by atoms with Gasteiger partial charge in [0.25, 0.3) is 0 Å². The number of allylic oxidation sites excluding steroid dienone is 2. The van der Waals surface area contributed by atoms with Gasteiger partial charge in [0.15, 0.2) is 23.1 Å². The summed E-state index contributed by atoms with van der Waals surface area (Å²) in [4.78, 5) is 22.0. The highest BCUT2D eigenvalue weighted by Crippen LogP contribution is 2.50. The Kier molecular flexibility index (Phi) is 6.54. The maximum Gasteiger partial charge on any atom is 0.227 e. The van der Waals surface area contributed by atoms with Gasteiger partial charge in [-0.2, -0.15) is 0 Å². The van der Waals surface area contributed by atoms with Crippen LogP contribution < -0.4 is 4.90 Å². The molecule has 250 valence electrons. The van der Waals surface area contributed by atoms with Crippen molar-refractivity contribution in [1.29, 1.82) is 0 Å². The molecule has 7 nitrogen and oxygen atoms in total. The highest BCUT2D eigenvalue weighted by Gasteiger charge is 2.38. The Bertz CT molecular complexity index is 2870. The van der Waals surface area contributed by atoms with E-state index in [9.17, 15) is 0 Å². The summed E-state index contributed by atoms with van der Waals surface area (Å²) in [6, 6.07) is 47.2. The Hall–Kier alpha value is -7.12. The van der Waals surface area contributed by atoms with E-state index in [2.05, 4.69) is 71.7 Å². The molecule has 0 saturated carbocycles. The standard InChI is InChI=1S/C46H29N5O2/c1-3-12-28(13-4-1)43-48-44(29-14-5-2-6-15-29)50-45(49-43)30-22-23-37-42(25-30)53-46(47-37)31-16-11-17-32(24-31)51-38-20-9-7-18-33(38)35-26-36-34-19-8-10-21-40(34)52-41(36)27-39(35)51/h1-27,33,38H. The van der Waals surface area contributed by atoms with Crippen LogP contribution >= 0.6 is 0 Å². The van der Waals surface area contributed by atoms with Gasteiger partial charge in [0.2, 0.25) is 5.89 Å². The summed E-state index contributed by atoms with van der Waals surface area (Å²) < 4.78 is 12.8. The Morgan fingerprint density at radius 1 is 0.472 bits per heavy atom. The number of nitrogens with zero attached hydrogens (tertiary/aromatic N) is 5. The lowest BCUT2D eigenvalue weighted by Crippen LogP contribution is -2.28. The van der Waals surface area contributed by atoms with E-state index >= 15 is 0 Å². The molecule has 2 atom stereocenters. The highest BCUT2D eigenvalue weighted by atomic mass is 16.3. The van der Waals surface area contributed by atoms with Gasteiger partial charge in [0.1, 0.15) is 16.7 Å². The van der Waals surface area contributed by atoms with Crippen LogP contribution in [0.1, 0.15) is 11.5 Å². The van der Waals surface area contributed by atoms with Gasteiger partial charge in [-0.3, -0.25) is 0 Å². The van der Waals surface area contributed by atoms with Gasteiger partial charge in [-0.1, -0.05) is 109 Å². The van der Waals surface area contributed by atoms with Crippen molar-refractivity contribution in [1.82, 2.24) is 19.9 Å². The minimum atomic E-state index is 0.135. The van der Waals surface area contributed by atoms with Crippen LogP contribution in [0.15, 0.2) is 173 Å². The van der Waals surface area contributed by atoms with Crippen molar-refractivity contribution >= 4 is 44.4 Å². The first-order valence-corrected chi connectivity index (χ1v) is 17.7. The molecule has 53 heavy (non-hydrogen) atoms. The first kappa shape index (κ1) is 29.6. The number of aromatic nitrogens is 4. The molecule has 2 unspecified atom stereocenters. The predicted molar refractivity (Wildman–Crippen MR) is 210 cm³/mol. The summed E-state index contributed by atoms with van der Waals surface area (Å²) in [7, 11) is 0. The van der Waals surface area contributed by atoms with E-state index in [0.29, 0.717) is 28.9 Å². The van der Waals surface area contributed by atoms with Crippen LogP contribution in [-0.4, -0.2) is 26.0 Å². The fourth-order valence-electron chi connectivity index (χ4n) is 7.77. The Labute approximate surface area is 304 Å². The van der Waals surface area contributed by atoms with Crippen molar-refractivity contribution in [2.75, 3.05) is 4.90 Å². The fraction of sp³-hybridized carbons (Fsp3) is 0.0435. The molecule has 4 heterocycles. The van der Waals surface area contributed by atoms with Crippen LogP contribution in [-0.2, 0) is 0 Å². The number of hydrogen-bond donors (Lipinski definition) is 0. The molecule has 9 aromatic rings. The molecule has 1 aliphatic heterocycles. The third kappa shape index (κ3) is 4.89. The van der Waals surface area contributed by atoms with Crippen LogP contribution in [0.3, 0.4) is 0 Å². The largest absolute Gasteiger partial charge is 0.456 e. The molecule has 11 rings (SSSR count). The first-order valence-electron chi connectivity index (χ1n) is 17.7. The van der Waals surface area contributed by atoms with Crippen LogP contribution in [0.2, 0.25) is 0 Å². The van der Waals surface area contributed by atoms with Crippen molar-refractivity contribution in [3.63, 3.8) is 0 Å². The molecule has 2 aliphatic rings. The summed E-state index contributed by atoms with van der Waals surface area (Å²) in [5, 5.41) is 2.28. The summed E-state index contributed by atoms with van der Waals surface area (Å²) in [5.74, 6) is 2.56. The highest BCUT2D eigenvalue weighted by molar-refractivity contribution is 6.07. The van der Waals surface area contributed by atoms with E-state index in [1.54, 1.807) is 0 Å². The number of anilines is 2. The normalized spacial score (nSPS) is 16.1. The van der Waals surface area contributed by atoms with Gasteiger partial charge in [0.05, 0.1) is 6.04 Å². The Morgan fingerprint density at radius 2 is 1.17 bits per heavy atom. The third-order valence-corrected chi connectivity index (χ3v) is 10.3. The molecular weight excluding hydrogens is 655 g/mol. The number of hydrogen-bond acceptors (Lipinski definition) is 7. The van der Waals surface area contributed by atoms with E-state index < -0.39 is 0 Å². The van der Waals surface area contributed by atoms with E-state index in [0.717, 1.165) is 61.1 Å². The number of oxazole rings is 1. The molecule has 3 aromatic heterocycles.